The minimum Gasteiger partial charge on any atom is -0.375 e. The molecule has 0 spiro atoms. The largest absolute Gasteiger partial charge is 0.375 e. The fourth-order valence-electron chi connectivity index (χ4n) is 2.42. The second-order valence-corrected chi connectivity index (χ2v) is 6.77. The summed E-state index contributed by atoms with van der Waals surface area (Å²) in [6.45, 7) is 9.15. The van der Waals surface area contributed by atoms with E-state index in [-0.39, 0.29) is 29.5 Å². The molecule has 24 heavy (non-hydrogen) atoms. The Labute approximate surface area is 143 Å². The van der Waals surface area contributed by atoms with Crippen LogP contribution in [0.4, 0.5) is 5.69 Å². The van der Waals surface area contributed by atoms with E-state index in [2.05, 4.69) is 16.0 Å². The molecule has 0 unspecified atom stereocenters. The summed E-state index contributed by atoms with van der Waals surface area (Å²) in [4.78, 5) is 24.5. The summed E-state index contributed by atoms with van der Waals surface area (Å²) in [6, 6.07) is 6.53. The number of carbonyl (C=O) groups excluding carboxylic acids is 2. The predicted octanol–water partition coefficient (Wildman–Crippen LogP) is 1.92. The van der Waals surface area contributed by atoms with Gasteiger partial charge in [0.25, 0.3) is 5.91 Å². The molecule has 1 heterocycles. The van der Waals surface area contributed by atoms with Gasteiger partial charge < -0.3 is 20.7 Å². The normalized spacial score (nSPS) is 21.2. The van der Waals surface area contributed by atoms with E-state index in [4.69, 9.17) is 4.74 Å². The van der Waals surface area contributed by atoms with Crippen molar-refractivity contribution in [2.45, 2.75) is 51.8 Å². The van der Waals surface area contributed by atoms with Crippen molar-refractivity contribution in [3.05, 3.63) is 29.8 Å². The molecule has 1 saturated heterocycles. The Hall–Kier alpha value is -1.92. The summed E-state index contributed by atoms with van der Waals surface area (Å²) in [5.74, 6) is -0.248. The predicted molar refractivity (Wildman–Crippen MR) is 94.1 cm³/mol. The summed E-state index contributed by atoms with van der Waals surface area (Å²) in [6.07, 6.45) is 0.682. The number of morpholine rings is 1. The molecule has 1 aromatic rings. The van der Waals surface area contributed by atoms with Gasteiger partial charge in [-0.05, 0) is 51.5 Å². The highest BCUT2D eigenvalue weighted by Gasteiger charge is 2.28. The van der Waals surface area contributed by atoms with Gasteiger partial charge in [0.15, 0.2) is 0 Å². The molecule has 2 amide bonds. The second kappa shape index (κ2) is 7.77. The lowest BCUT2D eigenvalue weighted by atomic mass is 10.0. The third kappa shape index (κ3) is 4.79. The van der Waals surface area contributed by atoms with Gasteiger partial charge in [0.05, 0.1) is 12.7 Å². The van der Waals surface area contributed by atoms with Crippen LogP contribution in [0.1, 0.15) is 44.5 Å². The van der Waals surface area contributed by atoms with Crippen LogP contribution in [0.2, 0.25) is 0 Å². The zero-order valence-corrected chi connectivity index (χ0v) is 14.8. The molecule has 2 rings (SSSR count). The van der Waals surface area contributed by atoms with E-state index >= 15 is 0 Å². The average Bonchev–Trinajstić information content (AvgIpc) is 2.55. The van der Waals surface area contributed by atoms with E-state index in [1.165, 1.54) is 0 Å². The minimum atomic E-state index is -0.368. The minimum absolute atomic E-state index is 0.115. The number of rotatable bonds is 5. The maximum absolute atomic E-state index is 12.3. The van der Waals surface area contributed by atoms with Crippen molar-refractivity contribution < 1.29 is 14.3 Å². The lowest BCUT2D eigenvalue weighted by Gasteiger charge is -2.29. The molecule has 0 bridgehead atoms. The molecule has 2 atom stereocenters. The molecule has 1 aromatic carbocycles. The molecule has 1 fully saturated rings. The maximum atomic E-state index is 12.3. The van der Waals surface area contributed by atoms with Crippen LogP contribution < -0.4 is 16.0 Å². The fourth-order valence-corrected chi connectivity index (χ4v) is 2.42. The zero-order chi connectivity index (χ0) is 17.7. The first-order chi connectivity index (χ1) is 11.3. The number of benzene rings is 1. The highest BCUT2D eigenvalue weighted by molar-refractivity contribution is 5.97. The number of amides is 2. The molecule has 1 aliphatic heterocycles. The number of ether oxygens (including phenoxy) is 1. The number of anilines is 1. The standard InChI is InChI=1S/C18H27N3O3/c1-5-18(3,4)21-16(22)13-6-8-14(9-7-13)20-17(23)15-12(2)24-11-10-19-15/h6-9,12,15,19H,5,10-11H2,1-4H3,(H,20,23)(H,21,22)/t12-,15+/m1/s1. The lowest BCUT2D eigenvalue weighted by Crippen LogP contribution is -2.53. The van der Waals surface area contributed by atoms with Gasteiger partial charge in [-0.1, -0.05) is 6.92 Å². The molecule has 6 nitrogen and oxygen atoms in total. The molecular weight excluding hydrogens is 306 g/mol. The smallest absolute Gasteiger partial charge is 0.251 e. The van der Waals surface area contributed by atoms with Crippen LogP contribution in [0.15, 0.2) is 24.3 Å². The van der Waals surface area contributed by atoms with Crippen molar-refractivity contribution in [2.24, 2.45) is 0 Å². The van der Waals surface area contributed by atoms with E-state index in [1.807, 2.05) is 27.7 Å². The second-order valence-electron chi connectivity index (χ2n) is 6.77. The van der Waals surface area contributed by atoms with Crippen molar-refractivity contribution in [2.75, 3.05) is 18.5 Å². The third-order valence-corrected chi connectivity index (χ3v) is 4.35. The van der Waals surface area contributed by atoms with Crippen LogP contribution in [-0.2, 0) is 9.53 Å². The molecule has 0 saturated carbocycles. The molecule has 132 valence electrons. The van der Waals surface area contributed by atoms with E-state index in [1.54, 1.807) is 24.3 Å². The van der Waals surface area contributed by atoms with Crippen LogP contribution in [0.5, 0.6) is 0 Å². The molecule has 0 aromatic heterocycles. The topological polar surface area (TPSA) is 79.5 Å². The number of hydrogen-bond acceptors (Lipinski definition) is 4. The van der Waals surface area contributed by atoms with Crippen molar-refractivity contribution in [1.82, 2.24) is 10.6 Å². The fraction of sp³-hybridized carbons (Fsp3) is 0.556. The Morgan fingerprint density at radius 3 is 2.54 bits per heavy atom. The molecule has 0 radical (unpaired) electrons. The van der Waals surface area contributed by atoms with E-state index in [9.17, 15) is 9.59 Å². The van der Waals surface area contributed by atoms with Crippen LogP contribution in [0.3, 0.4) is 0 Å². The SMILES string of the molecule is CCC(C)(C)NC(=O)c1ccc(NC(=O)[C@H]2NCCO[C@@H]2C)cc1. The van der Waals surface area contributed by atoms with Gasteiger partial charge in [-0.25, -0.2) is 0 Å². The Morgan fingerprint density at radius 2 is 1.96 bits per heavy atom. The highest BCUT2D eigenvalue weighted by Crippen LogP contribution is 2.14. The number of nitrogens with one attached hydrogen (secondary N) is 3. The first-order valence-electron chi connectivity index (χ1n) is 8.41. The lowest BCUT2D eigenvalue weighted by molar-refractivity contribution is -0.123. The summed E-state index contributed by atoms with van der Waals surface area (Å²) in [5.41, 5.74) is 0.986. The van der Waals surface area contributed by atoms with Crippen LogP contribution in [0.25, 0.3) is 0 Å². The van der Waals surface area contributed by atoms with Crippen molar-refractivity contribution in [3.63, 3.8) is 0 Å². The Morgan fingerprint density at radius 1 is 1.29 bits per heavy atom. The van der Waals surface area contributed by atoms with Gasteiger partial charge in [-0.3, -0.25) is 9.59 Å². The Bertz CT molecular complexity index is 584. The van der Waals surface area contributed by atoms with Gasteiger partial charge in [0.2, 0.25) is 5.91 Å². The quantitative estimate of drug-likeness (QED) is 0.769. The highest BCUT2D eigenvalue weighted by atomic mass is 16.5. The first kappa shape index (κ1) is 18.4. The van der Waals surface area contributed by atoms with E-state index in [0.29, 0.717) is 24.4 Å². The molecule has 6 heteroatoms. The van der Waals surface area contributed by atoms with Gasteiger partial charge >= 0.3 is 0 Å². The molecular formula is C18H27N3O3. The van der Waals surface area contributed by atoms with Crippen LogP contribution in [-0.4, -0.2) is 42.7 Å². The van der Waals surface area contributed by atoms with Crippen molar-refractivity contribution in [1.29, 1.82) is 0 Å². The van der Waals surface area contributed by atoms with E-state index < -0.39 is 0 Å². The molecule has 3 N–H and O–H groups in total. The summed E-state index contributed by atoms with van der Waals surface area (Å²) in [5, 5.41) is 8.99. The van der Waals surface area contributed by atoms with Gasteiger partial charge in [-0.2, -0.15) is 0 Å². The van der Waals surface area contributed by atoms with Crippen LogP contribution >= 0.6 is 0 Å². The third-order valence-electron chi connectivity index (χ3n) is 4.35. The first-order valence-corrected chi connectivity index (χ1v) is 8.41. The summed E-state index contributed by atoms with van der Waals surface area (Å²) >= 11 is 0. The molecule has 0 aliphatic carbocycles. The summed E-state index contributed by atoms with van der Waals surface area (Å²) < 4.78 is 5.48. The van der Waals surface area contributed by atoms with E-state index in [0.717, 1.165) is 6.42 Å². The van der Waals surface area contributed by atoms with Gasteiger partial charge in [0.1, 0.15) is 6.04 Å². The number of hydrogen-bond donors (Lipinski definition) is 3. The Kier molecular flexibility index (Phi) is 5.96. The molecule has 1 aliphatic rings. The van der Waals surface area contributed by atoms with Crippen molar-refractivity contribution in [3.8, 4) is 0 Å². The van der Waals surface area contributed by atoms with Crippen molar-refractivity contribution >= 4 is 17.5 Å². The average molecular weight is 333 g/mol. The summed E-state index contributed by atoms with van der Waals surface area (Å²) in [7, 11) is 0. The van der Waals surface area contributed by atoms with Gasteiger partial charge in [-0.15, -0.1) is 0 Å². The van der Waals surface area contributed by atoms with Gasteiger partial charge in [0, 0.05) is 23.3 Å². The zero-order valence-electron chi connectivity index (χ0n) is 14.8. The Balaban J connectivity index is 1.96. The number of carbonyl (C=O) groups is 2. The van der Waals surface area contributed by atoms with Crippen LogP contribution in [0, 0.1) is 0 Å². The maximum Gasteiger partial charge on any atom is 0.251 e. The monoisotopic (exact) mass is 333 g/mol.